The topological polar surface area (TPSA) is 94.1 Å². The van der Waals surface area contributed by atoms with Gasteiger partial charge in [-0.2, -0.15) is 0 Å². The third-order valence-electron chi connectivity index (χ3n) is 4.60. The fourth-order valence-corrected chi connectivity index (χ4v) is 3.03. The Morgan fingerprint density at radius 3 is 2.33 bits per heavy atom. The van der Waals surface area contributed by atoms with E-state index in [4.69, 9.17) is 14.2 Å². The number of rotatable bonds is 8. The quantitative estimate of drug-likeness (QED) is 0.556. The summed E-state index contributed by atoms with van der Waals surface area (Å²) >= 11 is 0. The monoisotopic (exact) mass is 409 g/mol. The molecule has 0 aliphatic heterocycles. The molecule has 2 N–H and O–H groups in total. The molecule has 1 amide bonds. The number of nitrogens with one attached hydrogen (secondary N) is 1. The third kappa shape index (κ3) is 5.00. The summed E-state index contributed by atoms with van der Waals surface area (Å²) in [6.07, 6.45) is 0.575. The lowest BCUT2D eigenvalue weighted by atomic mass is 10.1. The summed E-state index contributed by atoms with van der Waals surface area (Å²) in [6, 6.07) is 15.9. The second-order valence-electron chi connectivity index (χ2n) is 6.58. The number of carbonyl (C=O) groups is 2. The number of esters is 1. The van der Waals surface area contributed by atoms with Gasteiger partial charge in [0.2, 0.25) is 0 Å². The van der Waals surface area contributed by atoms with Crippen molar-refractivity contribution in [3.8, 4) is 17.2 Å². The molecule has 0 radical (unpaired) electrons. The van der Waals surface area contributed by atoms with Crippen LogP contribution in [0.2, 0.25) is 0 Å². The van der Waals surface area contributed by atoms with E-state index in [0.29, 0.717) is 24.5 Å². The fraction of sp³-hybridized carbons (Fsp3) is 0.217. The minimum absolute atomic E-state index is 0.0202. The summed E-state index contributed by atoms with van der Waals surface area (Å²) < 4.78 is 15.5. The van der Waals surface area contributed by atoms with Crippen LogP contribution in [0.3, 0.4) is 0 Å². The standard InChI is InChI=1S/C23H23NO6/c1-28-20-8-7-15(11-21(20)29-2)9-10-24-22(26)14-30-23(27)18-12-16-5-3-4-6-17(16)13-19(18)25/h3-8,11-13,25H,9-10,14H2,1-2H3,(H,24,26). The maximum atomic E-state index is 12.3. The number of fused-ring (bicyclic) bond motifs is 1. The highest BCUT2D eigenvalue weighted by molar-refractivity contribution is 5.99. The van der Waals surface area contributed by atoms with E-state index in [0.717, 1.165) is 16.3 Å². The first-order chi connectivity index (χ1) is 14.5. The van der Waals surface area contributed by atoms with Gasteiger partial charge in [-0.05, 0) is 47.0 Å². The first kappa shape index (κ1) is 21.0. The molecule has 0 saturated heterocycles. The zero-order chi connectivity index (χ0) is 21.5. The highest BCUT2D eigenvalue weighted by atomic mass is 16.5. The number of phenols is 1. The van der Waals surface area contributed by atoms with E-state index < -0.39 is 18.5 Å². The smallest absolute Gasteiger partial charge is 0.342 e. The van der Waals surface area contributed by atoms with Gasteiger partial charge in [-0.15, -0.1) is 0 Å². The fourth-order valence-electron chi connectivity index (χ4n) is 3.03. The van der Waals surface area contributed by atoms with Gasteiger partial charge >= 0.3 is 5.97 Å². The van der Waals surface area contributed by atoms with Gasteiger partial charge in [0.1, 0.15) is 11.3 Å². The number of phenolic OH excluding ortho intramolecular Hbond substituents is 1. The van der Waals surface area contributed by atoms with Crippen molar-refractivity contribution in [2.45, 2.75) is 6.42 Å². The maximum Gasteiger partial charge on any atom is 0.342 e. The Hall–Kier alpha value is -3.74. The normalized spacial score (nSPS) is 10.5. The first-order valence-corrected chi connectivity index (χ1v) is 9.38. The Kier molecular flexibility index (Phi) is 6.75. The molecular weight excluding hydrogens is 386 g/mol. The van der Waals surface area contributed by atoms with Crippen LogP contribution in [0.4, 0.5) is 0 Å². The van der Waals surface area contributed by atoms with Crippen molar-refractivity contribution in [3.05, 3.63) is 65.7 Å². The van der Waals surface area contributed by atoms with E-state index in [9.17, 15) is 14.7 Å². The van der Waals surface area contributed by atoms with Crippen LogP contribution in [-0.4, -0.2) is 44.4 Å². The molecule has 3 aromatic carbocycles. The molecule has 0 aromatic heterocycles. The molecule has 0 aliphatic rings. The zero-order valence-electron chi connectivity index (χ0n) is 16.8. The van der Waals surface area contributed by atoms with Crippen LogP contribution in [0.15, 0.2) is 54.6 Å². The van der Waals surface area contributed by atoms with Crippen molar-refractivity contribution >= 4 is 22.6 Å². The second-order valence-corrected chi connectivity index (χ2v) is 6.58. The molecule has 156 valence electrons. The predicted octanol–water partition coefficient (Wildman–Crippen LogP) is 3.08. The lowest BCUT2D eigenvalue weighted by Gasteiger charge is -2.10. The molecule has 0 saturated carbocycles. The largest absolute Gasteiger partial charge is 0.507 e. The van der Waals surface area contributed by atoms with E-state index in [1.807, 2.05) is 36.4 Å². The van der Waals surface area contributed by atoms with Crippen molar-refractivity contribution in [3.63, 3.8) is 0 Å². The number of methoxy groups -OCH3 is 2. The van der Waals surface area contributed by atoms with Crippen LogP contribution in [0.5, 0.6) is 17.2 Å². The number of carbonyl (C=O) groups excluding carboxylic acids is 2. The average Bonchev–Trinajstić information content (AvgIpc) is 2.76. The molecule has 0 aliphatic carbocycles. The third-order valence-corrected chi connectivity index (χ3v) is 4.60. The van der Waals surface area contributed by atoms with Gasteiger partial charge in [0.15, 0.2) is 18.1 Å². The summed E-state index contributed by atoms with van der Waals surface area (Å²) in [6.45, 7) is -0.0654. The Labute approximate surface area is 174 Å². The van der Waals surface area contributed by atoms with Crippen LogP contribution in [-0.2, 0) is 16.0 Å². The maximum absolute atomic E-state index is 12.3. The van der Waals surface area contributed by atoms with Crippen molar-refractivity contribution in [1.29, 1.82) is 0 Å². The minimum atomic E-state index is -0.756. The number of amides is 1. The van der Waals surface area contributed by atoms with Crippen LogP contribution in [0.25, 0.3) is 10.8 Å². The van der Waals surface area contributed by atoms with Gasteiger partial charge < -0.3 is 24.6 Å². The van der Waals surface area contributed by atoms with Gasteiger partial charge in [0.05, 0.1) is 14.2 Å². The van der Waals surface area contributed by atoms with E-state index in [-0.39, 0.29) is 11.3 Å². The number of aromatic hydroxyl groups is 1. The van der Waals surface area contributed by atoms with Crippen LogP contribution >= 0.6 is 0 Å². The van der Waals surface area contributed by atoms with Crippen molar-refractivity contribution in [1.82, 2.24) is 5.32 Å². The first-order valence-electron chi connectivity index (χ1n) is 9.38. The number of hydrogen-bond donors (Lipinski definition) is 2. The SMILES string of the molecule is COc1ccc(CCNC(=O)COC(=O)c2cc3ccccc3cc2O)cc1OC. The molecule has 0 heterocycles. The molecule has 0 atom stereocenters. The Morgan fingerprint density at radius 2 is 1.63 bits per heavy atom. The van der Waals surface area contributed by atoms with E-state index in [1.54, 1.807) is 26.4 Å². The van der Waals surface area contributed by atoms with E-state index in [1.165, 1.54) is 6.07 Å². The zero-order valence-corrected chi connectivity index (χ0v) is 16.8. The van der Waals surface area contributed by atoms with Crippen LogP contribution in [0.1, 0.15) is 15.9 Å². The predicted molar refractivity (Wildman–Crippen MR) is 112 cm³/mol. The van der Waals surface area contributed by atoms with E-state index in [2.05, 4.69) is 5.32 Å². The Balaban J connectivity index is 1.50. The summed E-state index contributed by atoms with van der Waals surface area (Å²) in [5.74, 6) is -0.121. The van der Waals surface area contributed by atoms with Gasteiger partial charge in [-0.25, -0.2) is 4.79 Å². The molecule has 0 unspecified atom stereocenters. The number of hydrogen-bond acceptors (Lipinski definition) is 6. The molecule has 3 rings (SSSR count). The molecule has 0 bridgehead atoms. The molecule has 0 spiro atoms. The second kappa shape index (κ2) is 9.65. The highest BCUT2D eigenvalue weighted by Gasteiger charge is 2.15. The molecule has 7 heteroatoms. The number of ether oxygens (including phenoxy) is 3. The van der Waals surface area contributed by atoms with Crippen molar-refractivity contribution < 1.29 is 28.9 Å². The number of benzene rings is 3. The van der Waals surface area contributed by atoms with Crippen molar-refractivity contribution in [2.24, 2.45) is 0 Å². The molecule has 7 nitrogen and oxygen atoms in total. The summed E-state index contributed by atoms with van der Waals surface area (Å²) in [5.41, 5.74) is 0.984. The van der Waals surface area contributed by atoms with E-state index >= 15 is 0 Å². The van der Waals surface area contributed by atoms with Crippen LogP contribution < -0.4 is 14.8 Å². The van der Waals surface area contributed by atoms with Crippen LogP contribution in [0, 0.1) is 0 Å². The Bertz CT molecular complexity index is 1060. The highest BCUT2D eigenvalue weighted by Crippen LogP contribution is 2.27. The summed E-state index contributed by atoms with van der Waals surface area (Å²) in [4.78, 5) is 24.2. The molecular formula is C23H23NO6. The van der Waals surface area contributed by atoms with Gasteiger partial charge in [0.25, 0.3) is 5.91 Å². The summed E-state index contributed by atoms with van der Waals surface area (Å²) in [5, 5.41) is 14.4. The molecule has 30 heavy (non-hydrogen) atoms. The Morgan fingerprint density at radius 1 is 0.933 bits per heavy atom. The molecule has 3 aromatic rings. The lowest BCUT2D eigenvalue weighted by molar-refractivity contribution is -0.124. The minimum Gasteiger partial charge on any atom is -0.507 e. The average molecular weight is 409 g/mol. The lowest BCUT2D eigenvalue weighted by Crippen LogP contribution is -2.30. The molecule has 0 fully saturated rings. The van der Waals surface area contributed by atoms with Gasteiger partial charge in [-0.3, -0.25) is 4.79 Å². The van der Waals surface area contributed by atoms with Gasteiger partial charge in [0, 0.05) is 6.54 Å². The van der Waals surface area contributed by atoms with Crippen molar-refractivity contribution in [2.75, 3.05) is 27.4 Å². The summed E-state index contributed by atoms with van der Waals surface area (Å²) in [7, 11) is 3.13. The van der Waals surface area contributed by atoms with Gasteiger partial charge in [-0.1, -0.05) is 30.3 Å².